The van der Waals surface area contributed by atoms with Gasteiger partial charge in [0.25, 0.3) is 11.4 Å². The minimum atomic E-state index is -0.673. The lowest BCUT2D eigenvalue weighted by Gasteiger charge is -2.17. The molecule has 0 saturated carbocycles. The lowest BCUT2D eigenvalue weighted by atomic mass is 9.88. The van der Waals surface area contributed by atoms with Crippen molar-refractivity contribution in [2.45, 2.75) is 0 Å². The standard InChI is InChI=1S/C29H24N2O9/c1-37-17-11-13-19(25(15-17)39-3)27-21(7-5-9-23(27)30(33)34)29(32)22-8-6-10-24(31(35)36)28(22)20-14-12-18(38-2)16-26(20)40-4/h5-16H,1-4H3. The predicted octanol–water partition coefficient (Wildman–Crippen LogP) is 6.10. The number of methoxy groups -OCH3 is 4. The van der Waals surface area contributed by atoms with Crippen LogP contribution in [-0.2, 0) is 0 Å². The summed E-state index contributed by atoms with van der Waals surface area (Å²) in [5.41, 5.74) is -0.251. The summed E-state index contributed by atoms with van der Waals surface area (Å²) in [7, 11) is 5.71. The number of hydrogen-bond donors (Lipinski definition) is 0. The Morgan fingerprint density at radius 1 is 0.600 bits per heavy atom. The maximum absolute atomic E-state index is 14.3. The molecule has 4 aromatic carbocycles. The van der Waals surface area contributed by atoms with E-state index in [1.54, 1.807) is 36.4 Å². The molecule has 0 amide bonds. The van der Waals surface area contributed by atoms with Crippen LogP contribution in [0, 0.1) is 20.2 Å². The molecule has 0 saturated heterocycles. The molecule has 4 rings (SSSR count). The topological polar surface area (TPSA) is 140 Å². The fourth-order valence-electron chi connectivity index (χ4n) is 4.48. The number of carbonyl (C=O) groups excluding carboxylic acids is 1. The van der Waals surface area contributed by atoms with Crippen molar-refractivity contribution in [1.29, 1.82) is 0 Å². The van der Waals surface area contributed by atoms with Gasteiger partial charge in [-0.2, -0.15) is 0 Å². The molecule has 0 bridgehead atoms. The van der Waals surface area contributed by atoms with E-state index in [9.17, 15) is 25.0 Å². The van der Waals surface area contributed by atoms with E-state index in [1.165, 1.54) is 64.8 Å². The number of nitro benzene ring substituents is 2. The maximum Gasteiger partial charge on any atom is 0.278 e. The van der Waals surface area contributed by atoms with Crippen LogP contribution in [0.1, 0.15) is 15.9 Å². The molecule has 0 atom stereocenters. The van der Waals surface area contributed by atoms with Crippen molar-refractivity contribution in [2.24, 2.45) is 0 Å². The Hall–Kier alpha value is -5.45. The number of benzene rings is 4. The van der Waals surface area contributed by atoms with E-state index in [-0.39, 0.29) is 56.3 Å². The van der Waals surface area contributed by atoms with E-state index in [1.807, 2.05) is 0 Å². The largest absolute Gasteiger partial charge is 0.497 e. The lowest BCUT2D eigenvalue weighted by molar-refractivity contribution is -0.384. The molecule has 0 aliphatic carbocycles. The van der Waals surface area contributed by atoms with Gasteiger partial charge in [0.05, 0.1) is 49.4 Å². The molecular formula is C29H24N2O9. The highest BCUT2D eigenvalue weighted by Gasteiger charge is 2.31. The Morgan fingerprint density at radius 3 is 1.32 bits per heavy atom. The first-order valence-corrected chi connectivity index (χ1v) is 11.8. The third kappa shape index (κ3) is 4.99. The average Bonchev–Trinajstić information content (AvgIpc) is 2.99. The number of ketones is 1. The summed E-state index contributed by atoms with van der Waals surface area (Å²) >= 11 is 0. The summed E-state index contributed by atoms with van der Waals surface area (Å²) in [4.78, 5) is 37.3. The molecule has 11 heteroatoms. The molecule has 0 aliphatic heterocycles. The van der Waals surface area contributed by atoms with Gasteiger partial charge in [-0.25, -0.2) is 0 Å². The number of carbonyl (C=O) groups is 1. The zero-order valence-corrected chi connectivity index (χ0v) is 22.0. The molecule has 11 nitrogen and oxygen atoms in total. The Morgan fingerprint density at radius 2 is 1.00 bits per heavy atom. The van der Waals surface area contributed by atoms with Gasteiger partial charge in [0.2, 0.25) is 0 Å². The Bertz CT molecular complexity index is 1510. The van der Waals surface area contributed by atoms with Gasteiger partial charge < -0.3 is 18.9 Å². The second-order valence-corrected chi connectivity index (χ2v) is 8.38. The van der Waals surface area contributed by atoms with Crippen molar-refractivity contribution in [3.63, 3.8) is 0 Å². The monoisotopic (exact) mass is 544 g/mol. The van der Waals surface area contributed by atoms with Gasteiger partial charge in [-0.3, -0.25) is 25.0 Å². The van der Waals surface area contributed by atoms with Crippen molar-refractivity contribution < 1.29 is 33.6 Å². The van der Waals surface area contributed by atoms with Crippen LogP contribution in [0.3, 0.4) is 0 Å². The van der Waals surface area contributed by atoms with Crippen LogP contribution in [0.25, 0.3) is 22.3 Å². The van der Waals surface area contributed by atoms with E-state index in [2.05, 4.69) is 0 Å². The minimum absolute atomic E-state index is 0.00356. The third-order valence-corrected chi connectivity index (χ3v) is 6.32. The fourth-order valence-corrected chi connectivity index (χ4v) is 4.48. The smallest absolute Gasteiger partial charge is 0.278 e. The number of nitro groups is 2. The minimum Gasteiger partial charge on any atom is -0.497 e. The van der Waals surface area contributed by atoms with Gasteiger partial charge in [-0.05, 0) is 36.4 Å². The van der Waals surface area contributed by atoms with Gasteiger partial charge >= 0.3 is 0 Å². The second-order valence-electron chi connectivity index (χ2n) is 8.38. The average molecular weight is 545 g/mol. The highest BCUT2D eigenvalue weighted by molar-refractivity contribution is 6.18. The molecule has 0 aliphatic rings. The zero-order valence-electron chi connectivity index (χ0n) is 22.0. The SMILES string of the molecule is COc1ccc(-c2c(C(=O)c3cccc([N+](=O)[O-])c3-c3ccc(OC)cc3OC)cccc2[N+](=O)[O-])c(OC)c1. The molecular weight excluding hydrogens is 520 g/mol. The van der Waals surface area contributed by atoms with Gasteiger partial charge in [0, 0.05) is 46.5 Å². The van der Waals surface area contributed by atoms with Gasteiger partial charge in [0.15, 0.2) is 5.78 Å². The first-order chi connectivity index (χ1) is 19.2. The molecule has 204 valence electrons. The van der Waals surface area contributed by atoms with Gasteiger partial charge in [-0.1, -0.05) is 12.1 Å². The van der Waals surface area contributed by atoms with Crippen molar-refractivity contribution in [3.05, 3.63) is 104 Å². The van der Waals surface area contributed by atoms with E-state index >= 15 is 0 Å². The van der Waals surface area contributed by atoms with Crippen LogP contribution in [-0.4, -0.2) is 44.1 Å². The molecule has 0 fully saturated rings. The van der Waals surface area contributed by atoms with E-state index in [0.29, 0.717) is 11.5 Å². The number of rotatable bonds is 10. The maximum atomic E-state index is 14.3. The van der Waals surface area contributed by atoms with Crippen LogP contribution in [0.2, 0.25) is 0 Å². The molecule has 0 heterocycles. The molecule has 40 heavy (non-hydrogen) atoms. The molecule has 0 radical (unpaired) electrons. The van der Waals surface area contributed by atoms with Crippen LogP contribution >= 0.6 is 0 Å². The third-order valence-electron chi connectivity index (χ3n) is 6.32. The van der Waals surface area contributed by atoms with Crippen molar-refractivity contribution in [2.75, 3.05) is 28.4 Å². The van der Waals surface area contributed by atoms with Crippen molar-refractivity contribution >= 4 is 17.2 Å². The summed E-state index contributed by atoms with van der Waals surface area (Å²) in [6.07, 6.45) is 0. The molecule has 4 aromatic rings. The zero-order chi connectivity index (χ0) is 29.0. The van der Waals surface area contributed by atoms with E-state index in [0.717, 1.165) is 0 Å². The summed E-state index contributed by atoms with van der Waals surface area (Å²) in [5.74, 6) is 0.685. The van der Waals surface area contributed by atoms with Crippen LogP contribution in [0.5, 0.6) is 23.0 Å². The molecule has 0 spiro atoms. The number of ether oxygens (including phenoxy) is 4. The van der Waals surface area contributed by atoms with Crippen molar-refractivity contribution in [3.8, 4) is 45.3 Å². The van der Waals surface area contributed by atoms with E-state index in [4.69, 9.17) is 18.9 Å². The normalized spacial score (nSPS) is 10.5. The number of hydrogen-bond acceptors (Lipinski definition) is 9. The summed E-state index contributed by atoms with van der Waals surface area (Å²) in [6, 6.07) is 17.6. The summed E-state index contributed by atoms with van der Waals surface area (Å²) in [6.45, 7) is 0. The Labute approximate surface area is 228 Å². The predicted molar refractivity (Wildman–Crippen MR) is 147 cm³/mol. The fraction of sp³-hybridized carbons (Fsp3) is 0.138. The van der Waals surface area contributed by atoms with Crippen molar-refractivity contribution in [1.82, 2.24) is 0 Å². The van der Waals surface area contributed by atoms with Crippen LogP contribution in [0.15, 0.2) is 72.8 Å². The highest BCUT2D eigenvalue weighted by atomic mass is 16.6. The molecule has 0 N–H and O–H groups in total. The Kier molecular flexibility index (Phi) is 7.94. The molecule has 0 aromatic heterocycles. The van der Waals surface area contributed by atoms with E-state index < -0.39 is 15.6 Å². The first kappa shape index (κ1) is 27.6. The summed E-state index contributed by atoms with van der Waals surface area (Å²) < 4.78 is 21.5. The second kappa shape index (κ2) is 11.5. The lowest BCUT2D eigenvalue weighted by Crippen LogP contribution is -2.09. The van der Waals surface area contributed by atoms with Crippen LogP contribution in [0.4, 0.5) is 11.4 Å². The van der Waals surface area contributed by atoms with Gasteiger partial charge in [-0.15, -0.1) is 0 Å². The number of nitrogens with zero attached hydrogens (tertiary/aromatic N) is 2. The van der Waals surface area contributed by atoms with Gasteiger partial charge in [0.1, 0.15) is 23.0 Å². The summed E-state index contributed by atoms with van der Waals surface area (Å²) in [5, 5.41) is 24.2. The highest BCUT2D eigenvalue weighted by Crippen LogP contribution is 2.44. The first-order valence-electron chi connectivity index (χ1n) is 11.8. The van der Waals surface area contributed by atoms with Crippen LogP contribution < -0.4 is 18.9 Å². The quantitative estimate of drug-likeness (QED) is 0.131. The molecule has 0 unspecified atom stereocenters. The Balaban J connectivity index is 2.05.